The van der Waals surface area contributed by atoms with Crippen molar-refractivity contribution in [3.8, 4) is 0 Å². The van der Waals surface area contributed by atoms with Crippen LogP contribution in [0.1, 0.15) is 37.6 Å². The van der Waals surface area contributed by atoms with E-state index in [0.29, 0.717) is 31.7 Å². The van der Waals surface area contributed by atoms with Crippen LogP contribution in [0.2, 0.25) is 0 Å². The summed E-state index contributed by atoms with van der Waals surface area (Å²) in [6, 6.07) is 12.3. The van der Waals surface area contributed by atoms with Crippen LogP contribution in [0.15, 0.2) is 53.4 Å². The highest BCUT2D eigenvalue weighted by Crippen LogP contribution is 2.22. The van der Waals surface area contributed by atoms with Gasteiger partial charge in [-0.3, -0.25) is 4.79 Å². The summed E-state index contributed by atoms with van der Waals surface area (Å²) in [4.78, 5) is 14.7. The molecule has 0 spiro atoms. The molecular formula is C22H28FN3O3S. The lowest BCUT2D eigenvalue weighted by atomic mass is 10.0. The van der Waals surface area contributed by atoms with Crippen molar-refractivity contribution in [3.05, 3.63) is 59.9 Å². The van der Waals surface area contributed by atoms with Crippen LogP contribution in [0.5, 0.6) is 0 Å². The van der Waals surface area contributed by atoms with Crippen molar-refractivity contribution in [1.82, 2.24) is 9.62 Å². The summed E-state index contributed by atoms with van der Waals surface area (Å²) < 4.78 is 40.8. The van der Waals surface area contributed by atoms with E-state index in [1.54, 1.807) is 24.3 Å². The average Bonchev–Trinajstić information content (AvgIpc) is 2.74. The zero-order chi connectivity index (χ0) is 21.9. The first-order valence-electron chi connectivity index (χ1n) is 10.1. The Labute approximate surface area is 177 Å². The number of anilines is 1. The molecule has 2 aromatic carbocycles. The van der Waals surface area contributed by atoms with Gasteiger partial charge in [-0.05, 0) is 62.7 Å². The number of carbonyl (C=O) groups excluding carboxylic acids is 1. The summed E-state index contributed by atoms with van der Waals surface area (Å²) >= 11 is 0. The first-order chi connectivity index (χ1) is 14.1. The number of nitrogens with zero attached hydrogens (tertiary/aromatic N) is 2. The van der Waals surface area contributed by atoms with Gasteiger partial charge in [-0.15, -0.1) is 0 Å². The van der Waals surface area contributed by atoms with Gasteiger partial charge in [0.1, 0.15) is 5.82 Å². The number of carbonyl (C=O) groups is 1. The Morgan fingerprint density at radius 1 is 1.07 bits per heavy atom. The number of rotatable bonds is 6. The van der Waals surface area contributed by atoms with Crippen molar-refractivity contribution in [2.75, 3.05) is 31.1 Å². The number of benzene rings is 2. The van der Waals surface area contributed by atoms with E-state index in [-0.39, 0.29) is 22.2 Å². The Balaban J connectivity index is 1.72. The molecule has 0 saturated carbocycles. The molecule has 3 rings (SSSR count). The lowest BCUT2D eigenvalue weighted by Crippen LogP contribution is -2.48. The van der Waals surface area contributed by atoms with Crippen molar-refractivity contribution in [2.45, 2.75) is 37.6 Å². The molecule has 30 heavy (non-hydrogen) atoms. The van der Waals surface area contributed by atoms with E-state index in [1.807, 2.05) is 25.7 Å². The Kier molecular flexibility index (Phi) is 6.47. The second-order valence-electron chi connectivity index (χ2n) is 8.09. The van der Waals surface area contributed by atoms with Crippen molar-refractivity contribution in [2.24, 2.45) is 0 Å². The minimum absolute atomic E-state index is 0.111. The summed E-state index contributed by atoms with van der Waals surface area (Å²) in [5, 5.41) is 2.93. The molecule has 0 atom stereocenters. The zero-order valence-corrected chi connectivity index (χ0v) is 18.4. The molecule has 6 nitrogen and oxygen atoms in total. The Morgan fingerprint density at radius 2 is 1.70 bits per heavy atom. The third-order valence-corrected chi connectivity index (χ3v) is 7.39. The topological polar surface area (TPSA) is 69.7 Å². The maximum atomic E-state index is 13.1. The first kappa shape index (κ1) is 22.2. The lowest BCUT2D eigenvalue weighted by molar-refractivity contribution is 0.0911. The third-order valence-electron chi connectivity index (χ3n) is 5.50. The van der Waals surface area contributed by atoms with Crippen LogP contribution < -0.4 is 10.2 Å². The Morgan fingerprint density at radius 3 is 2.30 bits per heavy atom. The molecule has 0 radical (unpaired) electrons. The van der Waals surface area contributed by atoms with E-state index >= 15 is 0 Å². The molecular weight excluding hydrogens is 405 g/mol. The molecule has 2 aromatic rings. The van der Waals surface area contributed by atoms with Crippen LogP contribution in [-0.2, 0) is 10.0 Å². The smallest absolute Gasteiger partial charge is 0.251 e. The third kappa shape index (κ3) is 4.99. The van der Waals surface area contributed by atoms with Crippen LogP contribution in [0.3, 0.4) is 0 Å². The summed E-state index contributed by atoms with van der Waals surface area (Å²) in [6.45, 7) is 7.48. The van der Waals surface area contributed by atoms with E-state index < -0.39 is 10.0 Å². The number of piperazine rings is 1. The van der Waals surface area contributed by atoms with Crippen LogP contribution in [0.25, 0.3) is 0 Å². The fourth-order valence-corrected chi connectivity index (χ4v) is 4.72. The highest BCUT2D eigenvalue weighted by molar-refractivity contribution is 7.89. The summed E-state index contributed by atoms with van der Waals surface area (Å²) in [5.74, 6) is -0.591. The van der Waals surface area contributed by atoms with E-state index in [0.717, 1.165) is 12.1 Å². The normalized spacial score (nSPS) is 15.8. The molecule has 1 saturated heterocycles. The fourth-order valence-electron chi connectivity index (χ4n) is 3.25. The quantitative estimate of drug-likeness (QED) is 0.759. The van der Waals surface area contributed by atoms with Crippen LogP contribution in [0.4, 0.5) is 10.1 Å². The number of sulfonamides is 1. The van der Waals surface area contributed by atoms with Crippen molar-refractivity contribution >= 4 is 21.6 Å². The van der Waals surface area contributed by atoms with Gasteiger partial charge in [0.15, 0.2) is 0 Å². The van der Waals surface area contributed by atoms with E-state index in [1.165, 1.54) is 28.6 Å². The molecule has 0 aliphatic carbocycles. The maximum Gasteiger partial charge on any atom is 0.251 e. The van der Waals surface area contributed by atoms with Gasteiger partial charge in [0.2, 0.25) is 10.0 Å². The van der Waals surface area contributed by atoms with Gasteiger partial charge in [-0.25, -0.2) is 12.8 Å². The molecule has 0 aromatic heterocycles. The van der Waals surface area contributed by atoms with E-state index in [9.17, 15) is 17.6 Å². The highest BCUT2D eigenvalue weighted by Gasteiger charge is 2.29. The molecule has 1 aliphatic rings. The molecule has 0 bridgehead atoms. The van der Waals surface area contributed by atoms with Gasteiger partial charge in [0.25, 0.3) is 5.91 Å². The Hall–Kier alpha value is -2.45. The predicted octanol–water partition coefficient (Wildman–Crippen LogP) is 3.26. The monoisotopic (exact) mass is 433 g/mol. The summed E-state index contributed by atoms with van der Waals surface area (Å²) in [7, 11) is -3.71. The van der Waals surface area contributed by atoms with Gasteiger partial charge < -0.3 is 10.2 Å². The molecule has 1 amide bonds. The minimum atomic E-state index is -3.71. The number of hydrogen-bond donors (Lipinski definition) is 1. The molecule has 8 heteroatoms. The standard InChI is InChI=1S/C22H28FN3O3S/c1-4-22(2,3)24-21(27)17-6-5-7-20(16-17)30(28,29)26-14-12-25(13-15-26)19-10-8-18(23)9-11-19/h5-11,16H,4,12-15H2,1-3H3,(H,24,27). The van der Waals surface area contributed by atoms with E-state index in [2.05, 4.69) is 5.32 Å². The second-order valence-corrected chi connectivity index (χ2v) is 10.0. The molecule has 1 heterocycles. The van der Waals surface area contributed by atoms with Crippen molar-refractivity contribution < 1.29 is 17.6 Å². The van der Waals surface area contributed by atoms with Crippen LogP contribution in [0, 0.1) is 5.82 Å². The largest absolute Gasteiger partial charge is 0.369 e. The molecule has 1 aliphatic heterocycles. The van der Waals surface area contributed by atoms with Gasteiger partial charge >= 0.3 is 0 Å². The lowest BCUT2D eigenvalue weighted by Gasteiger charge is -2.35. The minimum Gasteiger partial charge on any atom is -0.369 e. The highest BCUT2D eigenvalue weighted by atomic mass is 32.2. The van der Waals surface area contributed by atoms with Crippen molar-refractivity contribution in [1.29, 1.82) is 0 Å². The molecule has 1 fully saturated rings. The SMILES string of the molecule is CCC(C)(C)NC(=O)c1cccc(S(=O)(=O)N2CCN(c3ccc(F)cc3)CC2)c1. The van der Waals surface area contributed by atoms with Crippen LogP contribution in [-0.4, -0.2) is 50.3 Å². The number of amides is 1. The molecule has 1 N–H and O–H groups in total. The van der Waals surface area contributed by atoms with Gasteiger partial charge in [-0.2, -0.15) is 4.31 Å². The van der Waals surface area contributed by atoms with Gasteiger partial charge in [0.05, 0.1) is 4.90 Å². The van der Waals surface area contributed by atoms with Crippen LogP contribution >= 0.6 is 0 Å². The molecule has 162 valence electrons. The van der Waals surface area contributed by atoms with E-state index in [4.69, 9.17) is 0 Å². The van der Waals surface area contributed by atoms with Gasteiger partial charge in [0, 0.05) is 43.0 Å². The fraction of sp³-hybridized carbons (Fsp3) is 0.409. The predicted molar refractivity (Wildman–Crippen MR) is 116 cm³/mol. The molecule has 0 unspecified atom stereocenters. The summed E-state index contributed by atoms with van der Waals surface area (Å²) in [5.41, 5.74) is 0.816. The number of hydrogen-bond acceptors (Lipinski definition) is 4. The Bertz CT molecular complexity index is 999. The number of nitrogens with one attached hydrogen (secondary N) is 1. The maximum absolute atomic E-state index is 13.1. The van der Waals surface area contributed by atoms with Gasteiger partial charge in [-0.1, -0.05) is 13.0 Å². The van der Waals surface area contributed by atoms with Crippen molar-refractivity contribution in [3.63, 3.8) is 0 Å². The second kappa shape index (κ2) is 8.73. The average molecular weight is 434 g/mol. The zero-order valence-electron chi connectivity index (χ0n) is 17.6. The number of halogens is 1. The summed E-state index contributed by atoms with van der Waals surface area (Å²) in [6.07, 6.45) is 0.759. The first-order valence-corrected chi connectivity index (χ1v) is 11.5.